The molecule has 3 N–H and O–H groups in total. The lowest BCUT2D eigenvalue weighted by atomic mass is 10.1. The molecule has 1 aromatic carbocycles. The van der Waals surface area contributed by atoms with Crippen LogP contribution >= 0.6 is 0 Å². The highest BCUT2D eigenvalue weighted by molar-refractivity contribution is 6.03. The summed E-state index contributed by atoms with van der Waals surface area (Å²) in [5.41, 5.74) is 6.51. The molecule has 0 unspecified atom stereocenters. The zero-order valence-corrected chi connectivity index (χ0v) is 12.8. The van der Waals surface area contributed by atoms with E-state index in [1.165, 1.54) is 4.90 Å². The van der Waals surface area contributed by atoms with Gasteiger partial charge < -0.3 is 20.7 Å². The molecule has 0 aromatic heterocycles. The van der Waals surface area contributed by atoms with Crippen molar-refractivity contribution < 1.29 is 14.3 Å². The van der Waals surface area contributed by atoms with Crippen LogP contribution in [-0.2, 0) is 4.79 Å². The summed E-state index contributed by atoms with van der Waals surface area (Å²) in [6.45, 7) is 4.81. The number of carbonyl (C=O) groups is 2. The topological polar surface area (TPSA) is 84.7 Å². The van der Waals surface area contributed by atoms with Crippen molar-refractivity contribution in [2.24, 2.45) is 0 Å². The molecule has 0 aliphatic rings. The van der Waals surface area contributed by atoms with Crippen molar-refractivity contribution in [1.29, 1.82) is 0 Å². The van der Waals surface area contributed by atoms with Gasteiger partial charge in [0.15, 0.2) is 0 Å². The summed E-state index contributed by atoms with van der Waals surface area (Å²) in [4.78, 5) is 25.5. The summed E-state index contributed by atoms with van der Waals surface area (Å²) in [6, 6.07) is 5.06. The molecule has 0 saturated carbocycles. The molecule has 0 bridgehead atoms. The van der Waals surface area contributed by atoms with E-state index in [-0.39, 0.29) is 18.4 Å². The zero-order valence-electron chi connectivity index (χ0n) is 12.8. The first-order chi connectivity index (χ1) is 10.0. The molecular weight excluding hydrogens is 270 g/mol. The Balaban J connectivity index is 2.85. The highest BCUT2D eigenvalue weighted by Gasteiger charge is 2.21. The number of likely N-dealkylation sites (N-methyl/N-ethyl adjacent to an activating group) is 1. The van der Waals surface area contributed by atoms with Crippen LogP contribution in [0.25, 0.3) is 0 Å². The Morgan fingerprint density at radius 3 is 2.67 bits per heavy atom. The predicted molar refractivity (Wildman–Crippen MR) is 82.3 cm³/mol. The van der Waals surface area contributed by atoms with Crippen LogP contribution in [0.1, 0.15) is 30.6 Å². The number of nitrogen functional groups attached to an aromatic ring is 1. The van der Waals surface area contributed by atoms with Gasteiger partial charge in [0.1, 0.15) is 11.3 Å². The second-order valence-corrected chi connectivity index (χ2v) is 4.66. The molecule has 0 aliphatic heterocycles. The molecular formula is C15H23N3O3. The lowest BCUT2D eigenvalue weighted by Gasteiger charge is -2.19. The van der Waals surface area contributed by atoms with Gasteiger partial charge in [0.2, 0.25) is 5.91 Å². The van der Waals surface area contributed by atoms with Crippen molar-refractivity contribution in [3.05, 3.63) is 23.8 Å². The molecule has 0 atom stereocenters. The molecule has 0 fully saturated rings. The molecule has 0 radical (unpaired) electrons. The average molecular weight is 293 g/mol. The third-order valence-electron chi connectivity index (χ3n) is 2.87. The maximum atomic E-state index is 12.5. The largest absolute Gasteiger partial charge is 0.493 e. The van der Waals surface area contributed by atoms with E-state index in [0.717, 1.165) is 6.42 Å². The van der Waals surface area contributed by atoms with Gasteiger partial charge in [-0.05, 0) is 25.5 Å². The second kappa shape index (κ2) is 8.14. The number of nitrogens with two attached hydrogens (primary N) is 1. The van der Waals surface area contributed by atoms with Gasteiger partial charge in [-0.1, -0.05) is 13.0 Å². The molecule has 6 heteroatoms. The molecule has 6 nitrogen and oxygen atoms in total. The first kappa shape index (κ1) is 16.8. The Kier molecular flexibility index (Phi) is 6.52. The van der Waals surface area contributed by atoms with Crippen LogP contribution in [0.3, 0.4) is 0 Å². The minimum Gasteiger partial charge on any atom is -0.493 e. The Hall–Kier alpha value is -2.24. The van der Waals surface area contributed by atoms with Gasteiger partial charge >= 0.3 is 0 Å². The Labute approximate surface area is 125 Å². The van der Waals surface area contributed by atoms with Gasteiger partial charge in [-0.15, -0.1) is 0 Å². The summed E-state index contributed by atoms with van der Waals surface area (Å²) < 4.78 is 5.43. The van der Waals surface area contributed by atoms with E-state index in [1.807, 2.05) is 13.8 Å². The van der Waals surface area contributed by atoms with Crippen LogP contribution in [0.4, 0.5) is 5.69 Å². The Morgan fingerprint density at radius 2 is 2.05 bits per heavy atom. The number of nitrogens with zero attached hydrogens (tertiary/aromatic N) is 1. The minimum atomic E-state index is -0.330. The van der Waals surface area contributed by atoms with E-state index >= 15 is 0 Å². The van der Waals surface area contributed by atoms with E-state index in [4.69, 9.17) is 10.5 Å². The van der Waals surface area contributed by atoms with Crippen LogP contribution in [0, 0.1) is 0 Å². The van der Waals surface area contributed by atoms with Crippen LogP contribution in [-0.4, -0.2) is 43.5 Å². The number of hydrogen-bond donors (Lipinski definition) is 2. The second-order valence-electron chi connectivity index (χ2n) is 4.66. The highest BCUT2D eigenvalue weighted by Crippen LogP contribution is 2.25. The normalized spacial score (nSPS) is 10.0. The van der Waals surface area contributed by atoms with Crippen LogP contribution < -0.4 is 15.8 Å². The number of amides is 2. The van der Waals surface area contributed by atoms with Crippen molar-refractivity contribution >= 4 is 17.5 Å². The monoisotopic (exact) mass is 293 g/mol. The van der Waals surface area contributed by atoms with Gasteiger partial charge in [-0.2, -0.15) is 0 Å². The van der Waals surface area contributed by atoms with Gasteiger partial charge in [0.05, 0.1) is 13.2 Å². The molecule has 0 saturated heterocycles. The summed E-state index contributed by atoms with van der Waals surface area (Å²) in [6.07, 6.45) is 0.851. The molecule has 0 spiro atoms. The highest BCUT2D eigenvalue weighted by atomic mass is 16.5. The number of benzene rings is 1. The summed E-state index contributed by atoms with van der Waals surface area (Å²) in [7, 11) is 1.57. The van der Waals surface area contributed by atoms with Gasteiger partial charge in [0, 0.05) is 19.3 Å². The molecule has 1 rings (SSSR count). The number of ether oxygens (including phenoxy) is 1. The average Bonchev–Trinajstić information content (AvgIpc) is 2.45. The zero-order chi connectivity index (χ0) is 15.8. The van der Waals surface area contributed by atoms with Gasteiger partial charge in [-0.3, -0.25) is 9.59 Å². The summed E-state index contributed by atoms with van der Waals surface area (Å²) >= 11 is 0. The maximum Gasteiger partial charge on any atom is 0.259 e. The van der Waals surface area contributed by atoms with E-state index in [0.29, 0.717) is 30.2 Å². The third-order valence-corrected chi connectivity index (χ3v) is 2.87. The van der Waals surface area contributed by atoms with Crippen molar-refractivity contribution in [3.63, 3.8) is 0 Å². The van der Waals surface area contributed by atoms with Crippen LogP contribution in [0.2, 0.25) is 0 Å². The predicted octanol–water partition coefficient (Wildman–Crippen LogP) is 1.27. The number of nitrogens with one attached hydrogen (secondary N) is 1. The molecule has 2 amide bonds. The maximum absolute atomic E-state index is 12.5. The SMILES string of the molecule is CCCNC(=O)CN(C)C(=O)c1c(N)cccc1OCC. The smallest absolute Gasteiger partial charge is 0.259 e. The third kappa shape index (κ3) is 4.66. The van der Waals surface area contributed by atoms with Gasteiger partial charge in [-0.25, -0.2) is 0 Å². The molecule has 116 valence electrons. The molecule has 0 aliphatic carbocycles. The fourth-order valence-corrected chi connectivity index (χ4v) is 1.85. The molecule has 1 aromatic rings. The number of anilines is 1. The minimum absolute atomic E-state index is 0.0151. The first-order valence-electron chi connectivity index (χ1n) is 7.04. The lowest BCUT2D eigenvalue weighted by Crippen LogP contribution is -2.38. The number of rotatable bonds is 7. The van der Waals surface area contributed by atoms with E-state index in [9.17, 15) is 9.59 Å². The summed E-state index contributed by atoms with van der Waals surface area (Å²) in [5, 5.41) is 2.73. The van der Waals surface area contributed by atoms with E-state index in [2.05, 4.69) is 5.32 Å². The van der Waals surface area contributed by atoms with Crippen LogP contribution in [0.15, 0.2) is 18.2 Å². The van der Waals surface area contributed by atoms with Gasteiger partial charge in [0.25, 0.3) is 5.91 Å². The van der Waals surface area contributed by atoms with Crippen molar-refractivity contribution in [2.45, 2.75) is 20.3 Å². The lowest BCUT2D eigenvalue weighted by molar-refractivity contribution is -0.121. The molecule has 0 heterocycles. The summed E-state index contributed by atoms with van der Waals surface area (Å²) in [5.74, 6) is -0.0910. The Morgan fingerprint density at radius 1 is 1.33 bits per heavy atom. The van der Waals surface area contributed by atoms with E-state index < -0.39 is 0 Å². The van der Waals surface area contributed by atoms with E-state index in [1.54, 1.807) is 25.2 Å². The van der Waals surface area contributed by atoms with Crippen molar-refractivity contribution in [2.75, 3.05) is 32.5 Å². The number of carbonyl (C=O) groups excluding carboxylic acids is 2. The Bertz CT molecular complexity index is 503. The molecule has 21 heavy (non-hydrogen) atoms. The van der Waals surface area contributed by atoms with Crippen LogP contribution in [0.5, 0.6) is 5.75 Å². The first-order valence-corrected chi connectivity index (χ1v) is 7.04. The quantitative estimate of drug-likeness (QED) is 0.741. The number of hydrogen-bond acceptors (Lipinski definition) is 4. The van der Waals surface area contributed by atoms with Crippen molar-refractivity contribution in [1.82, 2.24) is 10.2 Å². The fraction of sp³-hybridized carbons (Fsp3) is 0.467. The standard InChI is InChI=1S/C15H23N3O3/c1-4-9-17-13(19)10-18(3)15(20)14-11(16)7-6-8-12(14)21-5-2/h6-8H,4-5,9-10,16H2,1-3H3,(H,17,19). The van der Waals surface area contributed by atoms with Crippen molar-refractivity contribution in [3.8, 4) is 5.75 Å². The fourth-order valence-electron chi connectivity index (χ4n) is 1.85.